The van der Waals surface area contributed by atoms with Gasteiger partial charge >= 0.3 is 0 Å². The van der Waals surface area contributed by atoms with Crippen LogP contribution in [-0.2, 0) is 0 Å². The second kappa shape index (κ2) is 6.64. The smallest absolute Gasteiger partial charge is 0.253 e. The number of halogens is 1. The minimum atomic E-state index is 0.0246. The molecule has 0 spiro atoms. The van der Waals surface area contributed by atoms with E-state index in [0.717, 1.165) is 23.9 Å². The number of hydrogen-bond donors (Lipinski definition) is 1. The van der Waals surface area contributed by atoms with Gasteiger partial charge in [0.1, 0.15) is 5.75 Å². The molecule has 1 amide bonds. The fourth-order valence-corrected chi connectivity index (χ4v) is 1.88. The summed E-state index contributed by atoms with van der Waals surface area (Å²) in [5.74, 6) is 0.251. The standard InChI is InChI=1S/C13H18BrNO2/c1-3-15(8-4-7-14)13(17)11-5-6-12(16)10(2)9-11/h5-6,9,16H,3-4,7-8H2,1-2H3. The topological polar surface area (TPSA) is 40.5 Å². The fraction of sp³-hybridized carbons (Fsp3) is 0.462. The molecular weight excluding hydrogens is 282 g/mol. The van der Waals surface area contributed by atoms with E-state index in [1.807, 2.05) is 11.8 Å². The Kier molecular flexibility index (Phi) is 5.48. The van der Waals surface area contributed by atoms with E-state index in [4.69, 9.17) is 0 Å². The van der Waals surface area contributed by atoms with Gasteiger partial charge in [0.15, 0.2) is 0 Å². The van der Waals surface area contributed by atoms with Gasteiger partial charge in [0.25, 0.3) is 5.91 Å². The summed E-state index contributed by atoms with van der Waals surface area (Å²) >= 11 is 3.36. The van der Waals surface area contributed by atoms with Crippen LogP contribution >= 0.6 is 15.9 Å². The molecule has 0 aromatic heterocycles. The van der Waals surface area contributed by atoms with Crippen molar-refractivity contribution < 1.29 is 9.90 Å². The highest BCUT2D eigenvalue weighted by Gasteiger charge is 2.14. The van der Waals surface area contributed by atoms with Crippen molar-refractivity contribution >= 4 is 21.8 Å². The van der Waals surface area contributed by atoms with Crippen LogP contribution in [-0.4, -0.2) is 34.3 Å². The Bertz CT molecular complexity index is 393. The summed E-state index contributed by atoms with van der Waals surface area (Å²) in [6.07, 6.45) is 0.941. The summed E-state index contributed by atoms with van der Waals surface area (Å²) in [5.41, 5.74) is 1.36. The van der Waals surface area contributed by atoms with Crippen LogP contribution in [0.4, 0.5) is 0 Å². The van der Waals surface area contributed by atoms with Crippen molar-refractivity contribution in [3.63, 3.8) is 0 Å². The number of benzene rings is 1. The average Bonchev–Trinajstić information content (AvgIpc) is 2.33. The largest absolute Gasteiger partial charge is 0.508 e. The number of aryl methyl sites for hydroxylation is 1. The number of amides is 1. The molecule has 0 radical (unpaired) electrons. The van der Waals surface area contributed by atoms with Gasteiger partial charge in [0.2, 0.25) is 0 Å². The summed E-state index contributed by atoms with van der Waals surface area (Å²) in [6.45, 7) is 5.21. The Labute approximate surface area is 111 Å². The maximum absolute atomic E-state index is 12.2. The number of rotatable bonds is 5. The summed E-state index contributed by atoms with van der Waals surface area (Å²) in [4.78, 5) is 14.0. The quantitative estimate of drug-likeness (QED) is 0.849. The van der Waals surface area contributed by atoms with Crippen LogP contribution < -0.4 is 0 Å². The lowest BCUT2D eigenvalue weighted by atomic mass is 10.1. The first-order valence-corrected chi connectivity index (χ1v) is 6.87. The molecule has 94 valence electrons. The Morgan fingerprint density at radius 2 is 2.18 bits per heavy atom. The van der Waals surface area contributed by atoms with Crippen LogP contribution in [0, 0.1) is 6.92 Å². The molecule has 0 aliphatic rings. The number of phenolic OH excluding ortho intramolecular Hbond substituents is 1. The van der Waals surface area contributed by atoms with E-state index in [1.54, 1.807) is 25.1 Å². The van der Waals surface area contributed by atoms with Crippen LogP contribution in [0.15, 0.2) is 18.2 Å². The second-order valence-corrected chi connectivity index (χ2v) is 4.72. The van der Waals surface area contributed by atoms with Crippen LogP contribution in [0.25, 0.3) is 0 Å². The van der Waals surface area contributed by atoms with Gasteiger partial charge in [-0.1, -0.05) is 15.9 Å². The Balaban J connectivity index is 2.82. The fourth-order valence-electron chi connectivity index (χ4n) is 1.62. The molecule has 0 bridgehead atoms. The third kappa shape index (κ3) is 3.73. The molecule has 0 aliphatic heterocycles. The predicted octanol–water partition coefficient (Wildman–Crippen LogP) is 2.95. The van der Waals surface area contributed by atoms with E-state index < -0.39 is 0 Å². The van der Waals surface area contributed by atoms with Crippen LogP contribution in [0.2, 0.25) is 0 Å². The third-order valence-corrected chi connectivity index (χ3v) is 3.24. The van der Waals surface area contributed by atoms with Gasteiger partial charge in [-0.3, -0.25) is 4.79 Å². The van der Waals surface area contributed by atoms with Crippen molar-refractivity contribution in [3.8, 4) is 5.75 Å². The first kappa shape index (κ1) is 14.0. The molecule has 4 heteroatoms. The van der Waals surface area contributed by atoms with Gasteiger partial charge in [-0.25, -0.2) is 0 Å². The molecule has 1 aromatic rings. The Morgan fingerprint density at radius 1 is 1.47 bits per heavy atom. The maximum atomic E-state index is 12.2. The first-order valence-electron chi connectivity index (χ1n) is 5.75. The molecule has 0 saturated carbocycles. The van der Waals surface area contributed by atoms with Gasteiger partial charge < -0.3 is 10.0 Å². The highest BCUT2D eigenvalue weighted by Crippen LogP contribution is 2.18. The summed E-state index contributed by atoms with van der Waals surface area (Å²) in [5, 5.41) is 10.3. The van der Waals surface area contributed by atoms with Gasteiger partial charge in [0.05, 0.1) is 0 Å². The molecule has 0 unspecified atom stereocenters. The highest BCUT2D eigenvalue weighted by molar-refractivity contribution is 9.09. The zero-order valence-corrected chi connectivity index (χ0v) is 11.8. The second-order valence-electron chi connectivity index (χ2n) is 3.93. The van der Waals surface area contributed by atoms with Crippen molar-refractivity contribution in [1.82, 2.24) is 4.90 Å². The van der Waals surface area contributed by atoms with E-state index in [-0.39, 0.29) is 11.7 Å². The number of phenols is 1. The van der Waals surface area contributed by atoms with Crippen molar-refractivity contribution in [2.45, 2.75) is 20.3 Å². The zero-order chi connectivity index (χ0) is 12.8. The van der Waals surface area contributed by atoms with E-state index >= 15 is 0 Å². The van der Waals surface area contributed by atoms with Gasteiger partial charge in [-0.2, -0.15) is 0 Å². The monoisotopic (exact) mass is 299 g/mol. The summed E-state index contributed by atoms with van der Waals surface area (Å²) in [6, 6.07) is 4.97. The van der Waals surface area contributed by atoms with Crippen molar-refractivity contribution in [2.75, 3.05) is 18.4 Å². The first-order chi connectivity index (χ1) is 8.10. The minimum absolute atomic E-state index is 0.0246. The summed E-state index contributed by atoms with van der Waals surface area (Å²) < 4.78 is 0. The molecule has 0 saturated heterocycles. The van der Waals surface area contributed by atoms with Crippen LogP contribution in [0.3, 0.4) is 0 Å². The molecule has 0 aliphatic carbocycles. The molecule has 0 fully saturated rings. The lowest BCUT2D eigenvalue weighted by Gasteiger charge is -2.20. The van der Waals surface area contributed by atoms with Crippen molar-refractivity contribution in [1.29, 1.82) is 0 Å². The number of carbonyl (C=O) groups is 1. The number of hydrogen-bond acceptors (Lipinski definition) is 2. The lowest BCUT2D eigenvalue weighted by Crippen LogP contribution is -2.32. The number of carbonyl (C=O) groups excluding carboxylic acids is 1. The molecule has 1 aromatic carbocycles. The Hall–Kier alpha value is -1.03. The number of alkyl halides is 1. The zero-order valence-electron chi connectivity index (χ0n) is 10.2. The predicted molar refractivity (Wildman–Crippen MR) is 72.8 cm³/mol. The average molecular weight is 300 g/mol. The van der Waals surface area contributed by atoms with Gasteiger partial charge in [-0.05, 0) is 44.0 Å². The van der Waals surface area contributed by atoms with Crippen LogP contribution in [0.1, 0.15) is 29.3 Å². The van der Waals surface area contributed by atoms with Gasteiger partial charge in [0, 0.05) is 24.0 Å². The molecule has 1 rings (SSSR count). The number of nitrogens with zero attached hydrogens (tertiary/aromatic N) is 1. The number of aromatic hydroxyl groups is 1. The molecule has 3 nitrogen and oxygen atoms in total. The maximum Gasteiger partial charge on any atom is 0.253 e. The van der Waals surface area contributed by atoms with E-state index in [1.165, 1.54) is 0 Å². The normalized spacial score (nSPS) is 10.3. The van der Waals surface area contributed by atoms with Gasteiger partial charge in [-0.15, -0.1) is 0 Å². The highest BCUT2D eigenvalue weighted by atomic mass is 79.9. The van der Waals surface area contributed by atoms with Crippen molar-refractivity contribution in [2.24, 2.45) is 0 Å². The third-order valence-electron chi connectivity index (χ3n) is 2.67. The van der Waals surface area contributed by atoms with E-state index in [0.29, 0.717) is 12.1 Å². The Morgan fingerprint density at radius 3 is 2.71 bits per heavy atom. The van der Waals surface area contributed by atoms with E-state index in [9.17, 15) is 9.90 Å². The SMILES string of the molecule is CCN(CCCBr)C(=O)c1ccc(O)c(C)c1. The lowest BCUT2D eigenvalue weighted by molar-refractivity contribution is 0.0765. The molecule has 0 atom stereocenters. The van der Waals surface area contributed by atoms with Crippen molar-refractivity contribution in [3.05, 3.63) is 29.3 Å². The molecule has 17 heavy (non-hydrogen) atoms. The molecule has 1 N–H and O–H groups in total. The van der Waals surface area contributed by atoms with Crippen LogP contribution in [0.5, 0.6) is 5.75 Å². The van der Waals surface area contributed by atoms with E-state index in [2.05, 4.69) is 15.9 Å². The molecule has 0 heterocycles. The summed E-state index contributed by atoms with van der Waals surface area (Å²) in [7, 11) is 0. The minimum Gasteiger partial charge on any atom is -0.508 e. The molecular formula is C13H18BrNO2.